The summed E-state index contributed by atoms with van der Waals surface area (Å²) in [4.78, 5) is 14.4. The number of carbonyl (C=O) groups excluding carboxylic acids is 1. The Morgan fingerprint density at radius 2 is 1.72 bits per heavy atom. The van der Waals surface area contributed by atoms with Crippen LogP contribution in [-0.2, 0) is 52.2 Å². The number of aliphatic hydroxyl groups excluding tert-OH is 2. The molecule has 14 heteroatoms. The zero-order valence-corrected chi connectivity index (χ0v) is 39.4. The molecule has 7 rings (SSSR count). The van der Waals surface area contributed by atoms with Crippen molar-refractivity contribution in [3.8, 4) is 0 Å². The topological polar surface area (TPSA) is 170 Å². The average molecular weight is 899 g/mol. The monoisotopic (exact) mass is 899 g/mol. The highest BCUT2D eigenvalue weighted by Crippen LogP contribution is 2.47. The van der Waals surface area contributed by atoms with E-state index in [0.29, 0.717) is 43.3 Å². The summed E-state index contributed by atoms with van der Waals surface area (Å²) in [6.07, 6.45) is 11.5. The molecule has 2 bridgehead atoms. The molecule has 0 aromatic heterocycles. The van der Waals surface area contributed by atoms with Crippen LogP contribution >= 0.6 is 0 Å². The molecule has 64 heavy (non-hydrogen) atoms. The van der Waals surface area contributed by atoms with Gasteiger partial charge in [0, 0.05) is 51.7 Å². The number of methoxy groups -OCH3 is 2. The van der Waals surface area contributed by atoms with Gasteiger partial charge in [0.25, 0.3) is 0 Å². The summed E-state index contributed by atoms with van der Waals surface area (Å²) in [5.41, 5.74) is 1.02. The lowest BCUT2D eigenvalue weighted by Crippen LogP contribution is -2.58. The van der Waals surface area contributed by atoms with Crippen molar-refractivity contribution < 1.29 is 67.5 Å². The summed E-state index contributed by atoms with van der Waals surface area (Å²) in [6, 6.07) is 0. The van der Waals surface area contributed by atoms with E-state index in [9.17, 15) is 20.1 Å². The SMILES string of the molecule is CCC(C)C1OC2(C=CC1C)CC1CC(C/C=C(\C)C(OC3CC(OC)C(OC4CC(OC)/C(=C/CO)C(C)O4)C(C)O3)C(C)/C=C/C=C3\COC4C(O)C(C)=CC(C(=O)O1)C34O)O2. The molecule has 14 nitrogen and oxygen atoms in total. The van der Waals surface area contributed by atoms with Gasteiger partial charge in [0.1, 0.15) is 35.9 Å². The molecule has 358 valence electrons. The molecule has 1 spiro atoms. The molecule has 4 fully saturated rings. The van der Waals surface area contributed by atoms with E-state index in [4.69, 9.17) is 47.4 Å². The molecule has 0 amide bonds. The van der Waals surface area contributed by atoms with Crippen LogP contribution in [0, 0.1) is 23.7 Å². The molecule has 0 saturated carbocycles. The summed E-state index contributed by atoms with van der Waals surface area (Å²) in [6.45, 7) is 16.1. The Balaban J connectivity index is 1.17. The maximum atomic E-state index is 14.4. The molecule has 19 unspecified atom stereocenters. The van der Waals surface area contributed by atoms with E-state index in [1.807, 2.05) is 39.0 Å². The van der Waals surface area contributed by atoms with Gasteiger partial charge < -0.3 is 62.7 Å². The number of carbonyl (C=O) groups is 1. The number of allylic oxidation sites excluding steroid dienone is 2. The summed E-state index contributed by atoms with van der Waals surface area (Å²) < 4.78 is 64.4. The first-order valence-electron chi connectivity index (χ1n) is 23.5. The number of rotatable bonds is 9. The van der Waals surface area contributed by atoms with E-state index in [1.54, 1.807) is 39.4 Å². The van der Waals surface area contributed by atoms with E-state index in [-0.39, 0.29) is 61.5 Å². The third kappa shape index (κ3) is 10.1. The Hall–Kier alpha value is -2.57. The standard InChI is InChI=1S/C50H74O14/c1-11-27(2)45-30(5)17-19-49(64-45)25-36-22-35(63-49)16-15-29(4)44(28(3)13-12-14-34-26-57-47-43(52)31(6)21-38(48(53)60-36)50(34,47)54)61-42-24-40(56-10)46(33(8)59-42)62-41-23-39(55-9)37(18-20-51)32(7)58-41/h12-15,17-19,21,27-28,30,32-33,35-36,38-47,51-52,54H,11,16,20,22-26H2,1-10H3/b13-12+,29-15+,34-14+,37-18+. The van der Waals surface area contributed by atoms with Gasteiger partial charge in [0.15, 0.2) is 18.4 Å². The molecule has 3 N–H and O–H groups in total. The van der Waals surface area contributed by atoms with Crippen molar-refractivity contribution in [3.63, 3.8) is 0 Å². The van der Waals surface area contributed by atoms with Gasteiger partial charge in [-0.3, -0.25) is 4.79 Å². The molecule has 4 saturated heterocycles. The van der Waals surface area contributed by atoms with E-state index in [1.165, 1.54) is 0 Å². The van der Waals surface area contributed by atoms with Crippen LogP contribution in [0.3, 0.4) is 0 Å². The number of ether oxygens (including phenoxy) is 10. The lowest BCUT2D eigenvalue weighted by molar-refractivity contribution is -0.305. The average Bonchev–Trinajstić information content (AvgIpc) is 3.61. The second-order valence-electron chi connectivity index (χ2n) is 19.2. The Morgan fingerprint density at radius 1 is 0.953 bits per heavy atom. The predicted molar refractivity (Wildman–Crippen MR) is 236 cm³/mol. The highest BCUT2D eigenvalue weighted by atomic mass is 16.7. The highest BCUT2D eigenvalue weighted by molar-refractivity contribution is 5.78. The van der Waals surface area contributed by atoms with Gasteiger partial charge in [-0.25, -0.2) is 0 Å². The maximum Gasteiger partial charge on any atom is 0.316 e. The zero-order chi connectivity index (χ0) is 46.1. The Kier molecular flexibility index (Phi) is 16.0. The summed E-state index contributed by atoms with van der Waals surface area (Å²) >= 11 is 0. The molecule has 0 aromatic rings. The molecule has 1 aliphatic carbocycles. The third-order valence-electron chi connectivity index (χ3n) is 14.8. The predicted octanol–water partition coefficient (Wildman–Crippen LogP) is 5.94. The summed E-state index contributed by atoms with van der Waals surface area (Å²) in [5, 5.41) is 33.3. The molecule has 0 radical (unpaired) electrons. The first-order chi connectivity index (χ1) is 30.5. The summed E-state index contributed by atoms with van der Waals surface area (Å²) in [5.74, 6) is -2.57. The van der Waals surface area contributed by atoms with Gasteiger partial charge in [0.05, 0.1) is 55.9 Å². The molecular formula is C50H74O14. The lowest BCUT2D eigenvalue weighted by Gasteiger charge is -2.48. The molecule has 0 aromatic carbocycles. The quantitative estimate of drug-likeness (QED) is 0.184. The second-order valence-corrected chi connectivity index (χ2v) is 19.2. The molecule has 6 aliphatic heterocycles. The fourth-order valence-electron chi connectivity index (χ4n) is 10.9. The smallest absolute Gasteiger partial charge is 0.316 e. The minimum absolute atomic E-state index is 0.0316. The first-order valence-corrected chi connectivity index (χ1v) is 23.5. The number of hydrogen-bond acceptors (Lipinski definition) is 14. The van der Waals surface area contributed by atoms with Crippen molar-refractivity contribution in [1.29, 1.82) is 0 Å². The largest absolute Gasteiger partial charge is 0.462 e. The van der Waals surface area contributed by atoms with Gasteiger partial charge in [-0.15, -0.1) is 0 Å². The number of hydrogen-bond donors (Lipinski definition) is 3. The second kappa shape index (κ2) is 20.7. The molecular weight excluding hydrogens is 825 g/mol. The van der Waals surface area contributed by atoms with Crippen LogP contribution in [0.25, 0.3) is 0 Å². The van der Waals surface area contributed by atoms with Gasteiger partial charge in [0.2, 0.25) is 0 Å². The van der Waals surface area contributed by atoms with Gasteiger partial charge in [-0.2, -0.15) is 0 Å². The normalized spacial score (nSPS) is 47.5. The van der Waals surface area contributed by atoms with Crippen LogP contribution in [0.5, 0.6) is 0 Å². The van der Waals surface area contributed by atoms with Crippen molar-refractivity contribution >= 4 is 5.97 Å². The number of esters is 1. The van der Waals surface area contributed by atoms with Crippen molar-refractivity contribution in [3.05, 3.63) is 70.9 Å². The summed E-state index contributed by atoms with van der Waals surface area (Å²) in [7, 11) is 3.30. The van der Waals surface area contributed by atoms with E-state index >= 15 is 0 Å². The van der Waals surface area contributed by atoms with Crippen LogP contribution in [0.4, 0.5) is 0 Å². The number of aliphatic hydroxyl groups is 3. The van der Waals surface area contributed by atoms with Crippen LogP contribution in [-0.4, -0.2) is 140 Å². The van der Waals surface area contributed by atoms with Crippen molar-refractivity contribution in [2.24, 2.45) is 23.7 Å². The van der Waals surface area contributed by atoms with Gasteiger partial charge >= 0.3 is 5.97 Å². The molecule has 19 atom stereocenters. The van der Waals surface area contributed by atoms with Crippen LogP contribution in [0.2, 0.25) is 0 Å². The Morgan fingerprint density at radius 3 is 2.44 bits per heavy atom. The van der Waals surface area contributed by atoms with Gasteiger partial charge in [-0.05, 0) is 68.4 Å². The van der Waals surface area contributed by atoms with Crippen LogP contribution in [0.1, 0.15) is 93.9 Å². The Labute approximate surface area is 379 Å². The maximum absolute atomic E-state index is 14.4. The first kappa shape index (κ1) is 49.3. The van der Waals surface area contributed by atoms with Crippen molar-refractivity contribution in [1.82, 2.24) is 0 Å². The number of fused-ring (bicyclic) bond motifs is 2. The van der Waals surface area contributed by atoms with Crippen molar-refractivity contribution in [2.45, 2.75) is 185 Å². The minimum atomic E-state index is -1.84. The zero-order valence-electron chi connectivity index (χ0n) is 39.4. The fourth-order valence-corrected chi connectivity index (χ4v) is 10.9. The van der Waals surface area contributed by atoms with E-state index in [0.717, 1.165) is 17.6 Å². The highest BCUT2D eigenvalue weighted by Gasteiger charge is 2.60. The van der Waals surface area contributed by atoms with Gasteiger partial charge in [-0.1, -0.05) is 76.6 Å². The minimum Gasteiger partial charge on any atom is -0.462 e. The van der Waals surface area contributed by atoms with E-state index in [2.05, 4.69) is 39.8 Å². The van der Waals surface area contributed by atoms with E-state index < -0.39 is 72.5 Å². The van der Waals surface area contributed by atoms with Crippen LogP contribution < -0.4 is 0 Å². The Bertz CT molecular complexity index is 1820. The molecule has 7 aliphatic rings. The third-order valence-corrected chi connectivity index (χ3v) is 14.8. The fraction of sp³-hybridized carbons (Fsp3) is 0.740. The molecule has 6 heterocycles. The van der Waals surface area contributed by atoms with Crippen molar-refractivity contribution in [2.75, 3.05) is 27.4 Å². The lowest BCUT2D eigenvalue weighted by atomic mass is 9.71. The van der Waals surface area contributed by atoms with Crippen LogP contribution in [0.15, 0.2) is 70.9 Å².